The SMILES string of the molecule is COC(=O)/C(C)=N/OC(C(=O)OC)C(Cc1ccc(C(=O)OC)cc1)Cc1ccc(C(=O)OC)cc1. The Kier molecular flexibility index (Phi) is 10.6. The van der Waals surface area contributed by atoms with Gasteiger partial charge in [0.15, 0.2) is 5.71 Å². The Morgan fingerprint density at radius 2 is 1.14 bits per heavy atom. The van der Waals surface area contributed by atoms with Gasteiger partial charge in [-0.2, -0.15) is 0 Å². The number of rotatable bonds is 11. The molecular formula is C26H29NO9. The number of hydrogen-bond donors (Lipinski definition) is 0. The summed E-state index contributed by atoms with van der Waals surface area (Å²) in [6, 6.07) is 13.5. The van der Waals surface area contributed by atoms with Crippen LogP contribution in [0, 0.1) is 5.92 Å². The first-order valence-corrected chi connectivity index (χ1v) is 10.9. The van der Waals surface area contributed by atoms with Gasteiger partial charge in [0, 0.05) is 5.92 Å². The van der Waals surface area contributed by atoms with Crippen molar-refractivity contribution in [2.24, 2.45) is 11.1 Å². The maximum absolute atomic E-state index is 12.7. The predicted octanol–water partition coefficient (Wildman–Crippen LogP) is 2.77. The molecule has 1 unspecified atom stereocenters. The van der Waals surface area contributed by atoms with Gasteiger partial charge < -0.3 is 23.8 Å². The van der Waals surface area contributed by atoms with Gasteiger partial charge in [-0.25, -0.2) is 19.2 Å². The average molecular weight is 500 g/mol. The van der Waals surface area contributed by atoms with Crippen molar-refractivity contribution in [2.75, 3.05) is 28.4 Å². The zero-order chi connectivity index (χ0) is 26.7. The van der Waals surface area contributed by atoms with Crippen molar-refractivity contribution in [3.8, 4) is 0 Å². The van der Waals surface area contributed by atoms with E-state index < -0.39 is 35.9 Å². The molecule has 0 aliphatic heterocycles. The standard InChI is InChI=1S/C26H29NO9/c1-16(23(28)32-2)27-36-22(26(31)35-5)21(14-17-6-10-19(11-7-17)24(29)33-3)15-18-8-12-20(13-9-18)25(30)34-4/h6-13,21-22H,14-15H2,1-5H3/b27-16+. The molecule has 10 nitrogen and oxygen atoms in total. The van der Waals surface area contributed by atoms with Gasteiger partial charge in [0.1, 0.15) is 0 Å². The first-order valence-electron chi connectivity index (χ1n) is 10.9. The minimum absolute atomic E-state index is 0.0741. The third-order valence-electron chi connectivity index (χ3n) is 5.39. The second-order valence-electron chi connectivity index (χ2n) is 7.76. The summed E-state index contributed by atoms with van der Waals surface area (Å²) >= 11 is 0. The van der Waals surface area contributed by atoms with Gasteiger partial charge in [0.25, 0.3) is 0 Å². The summed E-state index contributed by atoms with van der Waals surface area (Å²) in [5.41, 5.74) is 2.32. The summed E-state index contributed by atoms with van der Waals surface area (Å²) < 4.78 is 19.0. The molecule has 0 heterocycles. The van der Waals surface area contributed by atoms with Gasteiger partial charge in [-0.05, 0) is 55.2 Å². The van der Waals surface area contributed by atoms with Crippen LogP contribution in [-0.4, -0.2) is 64.1 Å². The number of methoxy groups -OCH3 is 4. The summed E-state index contributed by atoms with van der Waals surface area (Å²) in [6.07, 6.45) is -0.491. The summed E-state index contributed by atoms with van der Waals surface area (Å²) in [4.78, 5) is 53.4. The highest BCUT2D eigenvalue weighted by Gasteiger charge is 2.32. The van der Waals surface area contributed by atoms with E-state index in [1.54, 1.807) is 48.5 Å². The minimum Gasteiger partial charge on any atom is -0.466 e. The van der Waals surface area contributed by atoms with Crippen LogP contribution < -0.4 is 0 Å². The van der Waals surface area contributed by atoms with E-state index in [1.165, 1.54) is 35.4 Å². The number of hydrogen-bond acceptors (Lipinski definition) is 10. The predicted molar refractivity (Wildman–Crippen MR) is 128 cm³/mol. The highest BCUT2D eigenvalue weighted by molar-refractivity contribution is 6.35. The Morgan fingerprint density at radius 3 is 1.50 bits per heavy atom. The molecule has 0 amide bonds. The van der Waals surface area contributed by atoms with E-state index >= 15 is 0 Å². The fraction of sp³-hybridized carbons (Fsp3) is 0.346. The number of ether oxygens (including phenoxy) is 4. The largest absolute Gasteiger partial charge is 0.466 e. The van der Waals surface area contributed by atoms with Crippen molar-refractivity contribution in [1.82, 2.24) is 0 Å². The summed E-state index contributed by atoms with van der Waals surface area (Å²) in [7, 11) is 5.03. The molecule has 2 rings (SSSR count). The highest BCUT2D eigenvalue weighted by Crippen LogP contribution is 2.23. The van der Waals surface area contributed by atoms with Crippen LogP contribution in [0.4, 0.5) is 0 Å². The number of carbonyl (C=O) groups is 4. The molecule has 0 saturated heterocycles. The molecule has 0 aliphatic rings. The van der Waals surface area contributed by atoms with Crippen LogP contribution in [0.5, 0.6) is 0 Å². The van der Waals surface area contributed by atoms with Gasteiger partial charge in [0.2, 0.25) is 6.10 Å². The van der Waals surface area contributed by atoms with Gasteiger partial charge >= 0.3 is 23.9 Å². The minimum atomic E-state index is -1.17. The van der Waals surface area contributed by atoms with Gasteiger partial charge in [0.05, 0.1) is 39.6 Å². The molecular weight excluding hydrogens is 470 g/mol. The Labute approximate surface area is 209 Å². The van der Waals surface area contributed by atoms with E-state index in [2.05, 4.69) is 9.89 Å². The van der Waals surface area contributed by atoms with E-state index in [1.807, 2.05) is 0 Å². The third kappa shape index (κ3) is 7.66. The molecule has 0 spiro atoms. The van der Waals surface area contributed by atoms with Gasteiger partial charge in [-0.3, -0.25) is 0 Å². The number of nitrogens with zero attached hydrogens (tertiary/aromatic N) is 1. The molecule has 1 atom stereocenters. The monoisotopic (exact) mass is 499 g/mol. The Morgan fingerprint density at radius 1 is 0.694 bits per heavy atom. The Bertz CT molecular complexity index is 1030. The van der Waals surface area contributed by atoms with E-state index in [-0.39, 0.29) is 5.71 Å². The molecule has 2 aromatic carbocycles. The van der Waals surface area contributed by atoms with Crippen molar-refractivity contribution >= 4 is 29.6 Å². The van der Waals surface area contributed by atoms with Crippen LogP contribution in [0.25, 0.3) is 0 Å². The quantitative estimate of drug-likeness (QED) is 0.198. The molecule has 36 heavy (non-hydrogen) atoms. The van der Waals surface area contributed by atoms with Gasteiger partial charge in [-0.1, -0.05) is 29.4 Å². The molecule has 0 aliphatic carbocycles. The van der Waals surface area contributed by atoms with Crippen molar-refractivity contribution < 1.29 is 43.0 Å². The van der Waals surface area contributed by atoms with E-state index in [0.717, 1.165) is 11.1 Å². The Hall–Kier alpha value is -4.21. The van der Waals surface area contributed by atoms with Crippen LogP contribution in [0.1, 0.15) is 38.8 Å². The number of oxime groups is 1. The molecule has 0 saturated carbocycles. The summed E-state index contributed by atoms with van der Waals surface area (Å²) in [5, 5.41) is 3.78. The topological polar surface area (TPSA) is 127 Å². The zero-order valence-electron chi connectivity index (χ0n) is 20.8. The average Bonchev–Trinajstić information content (AvgIpc) is 2.92. The smallest absolute Gasteiger partial charge is 0.355 e. The maximum Gasteiger partial charge on any atom is 0.355 e. The summed E-state index contributed by atoms with van der Waals surface area (Å²) in [5.74, 6) is -2.82. The molecule has 0 radical (unpaired) electrons. The molecule has 0 N–H and O–H groups in total. The first-order chi connectivity index (χ1) is 17.2. The normalized spacial score (nSPS) is 11.9. The molecule has 0 aromatic heterocycles. The van der Waals surface area contributed by atoms with E-state index in [0.29, 0.717) is 24.0 Å². The second kappa shape index (κ2) is 13.6. The van der Waals surface area contributed by atoms with Crippen molar-refractivity contribution in [2.45, 2.75) is 25.9 Å². The van der Waals surface area contributed by atoms with Crippen LogP contribution >= 0.6 is 0 Å². The van der Waals surface area contributed by atoms with Crippen molar-refractivity contribution in [3.63, 3.8) is 0 Å². The lowest BCUT2D eigenvalue weighted by atomic mass is 9.87. The fourth-order valence-corrected chi connectivity index (χ4v) is 3.44. The van der Waals surface area contributed by atoms with Crippen LogP contribution in [0.3, 0.4) is 0 Å². The summed E-state index contributed by atoms with van der Waals surface area (Å²) in [6.45, 7) is 1.40. The van der Waals surface area contributed by atoms with Crippen molar-refractivity contribution in [3.05, 3.63) is 70.8 Å². The molecule has 192 valence electrons. The molecule has 0 fully saturated rings. The Balaban J connectivity index is 2.39. The second-order valence-corrected chi connectivity index (χ2v) is 7.76. The number of esters is 4. The molecule has 2 aromatic rings. The highest BCUT2D eigenvalue weighted by atomic mass is 16.7. The van der Waals surface area contributed by atoms with Crippen molar-refractivity contribution in [1.29, 1.82) is 0 Å². The lowest BCUT2D eigenvalue weighted by molar-refractivity contribution is -0.158. The number of carbonyl (C=O) groups excluding carboxylic acids is 4. The zero-order valence-corrected chi connectivity index (χ0v) is 20.8. The lowest BCUT2D eigenvalue weighted by Crippen LogP contribution is -2.35. The van der Waals surface area contributed by atoms with Gasteiger partial charge in [-0.15, -0.1) is 0 Å². The molecule has 10 heteroatoms. The van der Waals surface area contributed by atoms with Crippen LogP contribution in [0.15, 0.2) is 53.7 Å². The van der Waals surface area contributed by atoms with E-state index in [4.69, 9.17) is 19.0 Å². The van der Waals surface area contributed by atoms with Crippen LogP contribution in [-0.2, 0) is 46.2 Å². The lowest BCUT2D eigenvalue weighted by Gasteiger charge is -2.24. The first kappa shape index (κ1) is 28.0. The molecule has 0 bridgehead atoms. The fourth-order valence-electron chi connectivity index (χ4n) is 3.44. The van der Waals surface area contributed by atoms with E-state index in [9.17, 15) is 19.2 Å². The van der Waals surface area contributed by atoms with Crippen LogP contribution in [0.2, 0.25) is 0 Å². The number of benzene rings is 2. The maximum atomic E-state index is 12.7. The third-order valence-corrected chi connectivity index (χ3v) is 5.39.